The average Bonchev–Trinajstić information content (AvgIpc) is 2.75. The number of hydrogen-bond donors (Lipinski definition) is 0. The van der Waals surface area contributed by atoms with Crippen molar-refractivity contribution in [2.45, 2.75) is 26.2 Å². The van der Waals surface area contributed by atoms with Gasteiger partial charge in [-0.05, 0) is 36.0 Å². The number of fused-ring (bicyclic) bond motifs is 1. The fourth-order valence-corrected chi connectivity index (χ4v) is 3.36. The highest BCUT2D eigenvalue weighted by Crippen LogP contribution is 2.41. The van der Waals surface area contributed by atoms with Gasteiger partial charge in [0.15, 0.2) is 0 Å². The van der Waals surface area contributed by atoms with Crippen LogP contribution in [0.2, 0.25) is 0 Å². The molecule has 2 atom stereocenters. The Balaban J connectivity index is 1.85. The molecule has 0 amide bonds. The Hall–Kier alpha value is -1.82. The average molecular weight is 248 g/mol. The van der Waals surface area contributed by atoms with Crippen molar-refractivity contribution in [3.8, 4) is 0 Å². The molecule has 0 bridgehead atoms. The molecule has 0 aliphatic heterocycles. The fourth-order valence-electron chi connectivity index (χ4n) is 3.36. The Morgan fingerprint density at radius 3 is 2.42 bits per heavy atom. The van der Waals surface area contributed by atoms with Crippen LogP contribution in [0.25, 0.3) is 6.08 Å². The normalized spacial score (nSPS) is 18.8. The molecule has 0 heterocycles. The van der Waals surface area contributed by atoms with Crippen LogP contribution >= 0.6 is 0 Å². The zero-order valence-electron chi connectivity index (χ0n) is 11.6. The first-order chi connectivity index (χ1) is 9.25. The highest BCUT2D eigenvalue weighted by atomic mass is 14.3. The van der Waals surface area contributed by atoms with E-state index in [2.05, 4.69) is 74.5 Å². The van der Waals surface area contributed by atoms with E-state index >= 15 is 0 Å². The monoisotopic (exact) mass is 248 g/mol. The van der Waals surface area contributed by atoms with E-state index in [1.807, 2.05) is 0 Å². The molecule has 96 valence electrons. The first-order valence-corrected chi connectivity index (χ1v) is 7.07. The summed E-state index contributed by atoms with van der Waals surface area (Å²) in [5.74, 6) is 1.22. The second kappa shape index (κ2) is 5.05. The van der Waals surface area contributed by atoms with Gasteiger partial charge in [0.05, 0.1) is 0 Å². The number of hydrogen-bond acceptors (Lipinski definition) is 0. The first kappa shape index (κ1) is 12.2. The van der Waals surface area contributed by atoms with Gasteiger partial charge in [0, 0.05) is 5.92 Å². The highest BCUT2D eigenvalue weighted by molar-refractivity contribution is 5.66. The minimum absolute atomic E-state index is 0.580. The maximum absolute atomic E-state index is 2.37. The molecule has 2 aromatic carbocycles. The molecule has 1 aliphatic rings. The third-order valence-corrected chi connectivity index (χ3v) is 4.17. The number of rotatable bonds is 3. The molecule has 0 heteroatoms. The second-order valence-corrected chi connectivity index (χ2v) is 5.66. The summed E-state index contributed by atoms with van der Waals surface area (Å²) in [4.78, 5) is 0. The van der Waals surface area contributed by atoms with Gasteiger partial charge >= 0.3 is 0 Å². The van der Waals surface area contributed by atoms with E-state index < -0.39 is 0 Å². The lowest BCUT2D eigenvalue weighted by molar-refractivity contribution is 0.509. The summed E-state index contributed by atoms with van der Waals surface area (Å²) in [5, 5.41) is 0. The molecule has 0 radical (unpaired) electrons. The van der Waals surface area contributed by atoms with Crippen molar-refractivity contribution in [3.05, 3.63) is 76.9 Å². The van der Waals surface area contributed by atoms with Gasteiger partial charge in [0.1, 0.15) is 0 Å². The molecule has 2 aromatic rings. The van der Waals surface area contributed by atoms with Crippen molar-refractivity contribution in [1.82, 2.24) is 0 Å². The summed E-state index contributed by atoms with van der Waals surface area (Å²) in [5.41, 5.74) is 5.85. The maximum atomic E-state index is 2.37. The van der Waals surface area contributed by atoms with Gasteiger partial charge in [-0.3, -0.25) is 0 Å². The van der Waals surface area contributed by atoms with Gasteiger partial charge < -0.3 is 0 Å². The number of benzene rings is 2. The molecule has 0 saturated heterocycles. The van der Waals surface area contributed by atoms with Crippen LogP contribution in [0.3, 0.4) is 0 Å². The molecule has 2 unspecified atom stereocenters. The van der Waals surface area contributed by atoms with Crippen LogP contribution in [0, 0.1) is 5.92 Å². The molecule has 0 aromatic heterocycles. The van der Waals surface area contributed by atoms with Crippen molar-refractivity contribution >= 4 is 6.08 Å². The molecule has 0 fully saturated rings. The second-order valence-electron chi connectivity index (χ2n) is 5.66. The van der Waals surface area contributed by atoms with Crippen molar-refractivity contribution in [3.63, 3.8) is 0 Å². The van der Waals surface area contributed by atoms with Crippen molar-refractivity contribution < 1.29 is 0 Å². The summed E-state index contributed by atoms with van der Waals surface area (Å²) in [7, 11) is 0. The van der Waals surface area contributed by atoms with Gasteiger partial charge in [0.2, 0.25) is 0 Å². The molecule has 0 N–H and O–H groups in total. The Bertz CT molecular complexity index is 592. The molecule has 19 heavy (non-hydrogen) atoms. The zero-order chi connectivity index (χ0) is 13.2. The van der Waals surface area contributed by atoms with Crippen LogP contribution in [0.5, 0.6) is 0 Å². The molecule has 0 saturated carbocycles. The number of allylic oxidation sites excluding steroid dienone is 1. The van der Waals surface area contributed by atoms with E-state index in [0.29, 0.717) is 11.8 Å². The van der Waals surface area contributed by atoms with E-state index in [0.717, 1.165) is 6.42 Å². The van der Waals surface area contributed by atoms with Crippen LogP contribution in [0.1, 0.15) is 36.5 Å². The summed E-state index contributed by atoms with van der Waals surface area (Å²) in [6.07, 6.45) is 3.49. The standard InChI is InChI=1S/C19H20/c1-14(12-16-8-4-3-5-9-16)19-15(2)13-17-10-6-7-11-18(17)19/h3-11,13-14,19H,12H2,1-2H3. The predicted molar refractivity (Wildman–Crippen MR) is 82.1 cm³/mol. The summed E-state index contributed by atoms with van der Waals surface area (Å²) >= 11 is 0. The lowest BCUT2D eigenvalue weighted by atomic mass is 9.81. The van der Waals surface area contributed by atoms with Gasteiger partial charge in [-0.1, -0.05) is 73.2 Å². The highest BCUT2D eigenvalue weighted by Gasteiger charge is 2.27. The smallest absolute Gasteiger partial charge is 0.00834 e. The Kier molecular flexibility index (Phi) is 3.25. The molecule has 1 aliphatic carbocycles. The topological polar surface area (TPSA) is 0 Å². The largest absolute Gasteiger partial charge is 0.0649 e. The van der Waals surface area contributed by atoms with E-state index in [4.69, 9.17) is 0 Å². The van der Waals surface area contributed by atoms with Crippen molar-refractivity contribution in [2.24, 2.45) is 5.92 Å². The van der Waals surface area contributed by atoms with Gasteiger partial charge in [-0.2, -0.15) is 0 Å². The summed E-state index contributed by atoms with van der Waals surface area (Å²) in [6.45, 7) is 4.64. The molecular formula is C19H20. The van der Waals surface area contributed by atoms with Crippen LogP contribution < -0.4 is 0 Å². The Morgan fingerprint density at radius 2 is 1.63 bits per heavy atom. The summed E-state index contributed by atoms with van der Waals surface area (Å²) < 4.78 is 0. The first-order valence-electron chi connectivity index (χ1n) is 7.07. The Labute approximate surface area is 115 Å². The zero-order valence-corrected chi connectivity index (χ0v) is 11.6. The van der Waals surface area contributed by atoms with Gasteiger partial charge in [-0.25, -0.2) is 0 Å². The minimum atomic E-state index is 0.580. The maximum Gasteiger partial charge on any atom is 0.00834 e. The van der Waals surface area contributed by atoms with Crippen LogP contribution in [0.4, 0.5) is 0 Å². The lowest BCUT2D eigenvalue weighted by Gasteiger charge is -2.22. The molecular weight excluding hydrogens is 228 g/mol. The molecule has 0 nitrogen and oxygen atoms in total. The van der Waals surface area contributed by atoms with Crippen LogP contribution in [-0.2, 0) is 6.42 Å². The van der Waals surface area contributed by atoms with Crippen LogP contribution in [0.15, 0.2) is 60.2 Å². The van der Waals surface area contributed by atoms with E-state index in [9.17, 15) is 0 Å². The van der Waals surface area contributed by atoms with Crippen molar-refractivity contribution in [2.75, 3.05) is 0 Å². The van der Waals surface area contributed by atoms with Crippen LogP contribution in [-0.4, -0.2) is 0 Å². The fraction of sp³-hybridized carbons (Fsp3) is 0.263. The third-order valence-electron chi connectivity index (χ3n) is 4.17. The van der Waals surface area contributed by atoms with E-state index in [-0.39, 0.29) is 0 Å². The molecule has 3 rings (SSSR count). The quantitative estimate of drug-likeness (QED) is 0.711. The Morgan fingerprint density at radius 1 is 0.947 bits per heavy atom. The SMILES string of the molecule is CC1=Cc2ccccc2C1C(C)Cc1ccccc1. The van der Waals surface area contributed by atoms with E-state index in [1.165, 1.54) is 22.3 Å². The van der Waals surface area contributed by atoms with Crippen molar-refractivity contribution in [1.29, 1.82) is 0 Å². The lowest BCUT2D eigenvalue weighted by Crippen LogP contribution is -2.12. The predicted octanol–water partition coefficient (Wildman–Crippen LogP) is 5.07. The minimum Gasteiger partial charge on any atom is -0.0649 e. The van der Waals surface area contributed by atoms with E-state index in [1.54, 1.807) is 0 Å². The molecule has 0 spiro atoms. The van der Waals surface area contributed by atoms with Gasteiger partial charge in [-0.15, -0.1) is 0 Å². The third kappa shape index (κ3) is 2.35. The van der Waals surface area contributed by atoms with Gasteiger partial charge in [0.25, 0.3) is 0 Å². The summed E-state index contributed by atoms with van der Waals surface area (Å²) in [6, 6.07) is 19.6.